The molecule has 1 atom stereocenters. The van der Waals surface area contributed by atoms with Gasteiger partial charge in [-0.1, -0.05) is 0 Å². The van der Waals surface area contributed by atoms with E-state index in [9.17, 15) is 8.42 Å². The first kappa shape index (κ1) is 21.7. The molecule has 0 N–H and O–H groups in total. The maximum atomic E-state index is 12.2. The Morgan fingerprint density at radius 3 is 2.06 bits per heavy atom. The molecule has 0 spiro atoms. The van der Waals surface area contributed by atoms with E-state index in [1.807, 2.05) is 6.07 Å². The van der Waals surface area contributed by atoms with Gasteiger partial charge in [0.15, 0.2) is 23.0 Å². The van der Waals surface area contributed by atoms with E-state index in [1.54, 1.807) is 20.3 Å². The topological polar surface area (TPSA) is 77.5 Å². The van der Waals surface area contributed by atoms with Gasteiger partial charge in [0.25, 0.3) is 0 Å². The van der Waals surface area contributed by atoms with Gasteiger partial charge in [0, 0.05) is 33.2 Å². The molecule has 4 rings (SSSR count). The number of hydrogen-bond donors (Lipinski definition) is 0. The Labute approximate surface area is 183 Å². The number of fused-ring (bicyclic) bond motifs is 4. The van der Waals surface area contributed by atoms with E-state index in [0.29, 0.717) is 5.75 Å². The largest absolute Gasteiger partial charge is 0.493 e. The molecule has 9 heteroatoms. The van der Waals surface area contributed by atoms with Crippen LogP contribution in [-0.2, 0) is 29.7 Å². The summed E-state index contributed by atoms with van der Waals surface area (Å²) in [4.78, 5) is 2.44. The van der Waals surface area contributed by atoms with Crippen molar-refractivity contribution in [2.24, 2.45) is 0 Å². The zero-order valence-electron chi connectivity index (χ0n) is 18.5. The average molecular weight is 449 g/mol. The molecule has 0 radical (unpaired) electrons. The van der Waals surface area contributed by atoms with Gasteiger partial charge in [-0.2, -0.15) is 12.7 Å². The number of methoxy groups -OCH3 is 3. The van der Waals surface area contributed by atoms with Gasteiger partial charge < -0.3 is 18.4 Å². The van der Waals surface area contributed by atoms with Gasteiger partial charge >= 0.3 is 10.3 Å². The number of rotatable bonds is 6. The van der Waals surface area contributed by atoms with E-state index in [-0.39, 0.29) is 11.8 Å². The van der Waals surface area contributed by atoms with E-state index in [0.717, 1.165) is 52.9 Å². The Kier molecular flexibility index (Phi) is 5.76. The molecule has 2 aromatic carbocycles. The molecular weight excluding hydrogens is 420 g/mol. The van der Waals surface area contributed by atoms with Gasteiger partial charge in [-0.3, -0.25) is 4.90 Å². The quantitative estimate of drug-likeness (QED) is 0.672. The zero-order valence-corrected chi connectivity index (χ0v) is 19.3. The Balaban J connectivity index is 1.71. The molecule has 0 saturated carbocycles. The van der Waals surface area contributed by atoms with E-state index in [4.69, 9.17) is 18.4 Å². The summed E-state index contributed by atoms with van der Waals surface area (Å²) in [6.07, 6.45) is 1.62. The molecule has 31 heavy (non-hydrogen) atoms. The minimum Gasteiger partial charge on any atom is -0.493 e. The lowest BCUT2D eigenvalue weighted by Gasteiger charge is -2.41. The summed E-state index contributed by atoms with van der Waals surface area (Å²) >= 11 is 0. The van der Waals surface area contributed by atoms with Crippen LogP contribution < -0.4 is 18.4 Å². The van der Waals surface area contributed by atoms with Crippen LogP contribution in [0.25, 0.3) is 0 Å². The molecule has 0 bridgehead atoms. The second-order valence-corrected chi connectivity index (χ2v) is 9.69. The third kappa shape index (κ3) is 3.93. The molecular formula is C22H28N2O6S. The van der Waals surface area contributed by atoms with Crippen molar-refractivity contribution >= 4 is 10.3 Å². The molecule has 0 amide bonds. The number of ether oxygens (including phenoxy) is 3. The van der Waals surface area contributed by atoms with Gasteiger partial charge in [0.05, 0.1) is 21.3 Å². The fourth-order valence-electron chi connectivity index (χ4n) is 4.33. The van der Waals surface area contributed by atoms with Crippen molar-refractivity contribution in [3.8, 4) is 23.0 Å². The van der Waals surface area contributed by atoms with Crippen LogP contribution >= 0.6 is 0 Å². The maximum absolute atomic E-state index is 12.2. The summed E-state index contributed by atoms with van der Waals surface area (Å²) < 4.78 is 47.3. The van der Waals surface area contributed by atoms with E-state index in [1.165, 1.54) is 32.3 Å². The highest BCUT2D eigenvalue weighted by Crippen LogP contribution is 2.44. The van der Waals surface area contributed by atoms with Crippen molar-refractivity contribution in [2.75, 3.05) is 42.0 Å². The van der Waals surface area contributed by atoms with Gasteiger partial charge in [-0.05, 0) is 59.4 Å². The molecule has 1 unspecified atom stereocenters. The van der Waals surface area contributed by atoms with Crippen LogP contribution in [0.4, 0.5) is 0 Å². The van der Waals surface area contributed by atoms with Crippen molar-refractivity contribution in [2.45, 2.75) is 25.4 Å². The van der Waals surface area contributed by atoms with Gasteiger partial charge in [0.2, 0.25) is 0 Å². The number of benzene rings is 2. The predicted octanol–water partition coefficient (Wildman–Crippen LogP) is 2.55. The second-order valence-electron chi connectivity index (χ2n) is 7.94. The van der Waals surface area contributed by atoms with Crippen LogP contribution in [0.1, 0.15) is 28.3 Å². The Morgan fingerprint density at radius 1 is 0.871 bits per heavy atom. The predicted molar refractivity (Wildman–Crippen MR) is 116 cm³/mol. The van der Waals surface area contributed by atoms with Crippen LogP contribution in [0.3, 0.4) is 0 Å². The highest BCUT2D eigenvalue weighted by Gasteiger charge is 2.34. The van der Waals surface area contributed by atoms with Crippen LogP contribution in [0, 0.1) is 0 Å². The molecule has 0 aromatic heterocycles. The lowest BCUT2D eigenvalue weighted by Crippen LogP contribution is -2.39. The third-order valence-electron chi connectivity index (χ3n) is 6.03. The van der Waals surface area contributed by atoms with Crippen molar-refractivity contribution in [1.29, 1.82) is 0 Å². The molecule has 0 saturated heterocycles. The standard InChI is InChI=1S/C22H28N2O6S/c1-23(2)31(25,26)30-22-9-14-6-7-24-13-16-11-20(28-4)19(27-3)10-15(16)8-18(24)17(14)12-21(22)29-5/h9-12,18H,6-8,13H2,1-5H3. The lowest BCUT2D eigenvalue weighted by molar-refractivity contribution is 0.160. The van der Waals surface area contributed by atoms with Crippen molar-refractivity contribution < 1.29 is 26.8 Å². The molecule has 2 heterocycles. The fourth-order valence-corrected chi connectivity index (χ4v) is 4.84. The van der Waals surface area contributed by atoms with Crippen molar-refractivity contribution in [3.63, 3.8) is 0 Å². The first-order chi connectivity index (χ1) is 14.8. The monoisotopic (exact) mass is 448 g/mol. The first-order valence-corrected chi connectivity index (χ1v) is 11.4. The number of nitrogens with zero attached hydrogens (tertiary/aromatic N) is 2. The summed E-state index contributed by atoms with van der Waals surface area (Å²) in [5, 5.41) is 0. The van der Waals surface area contributed by atoms with Gasteiger partial charge in [-0.15, -0.1) is 0 Å². The fraction of sp³-hybridized carbons (Fsp3) is 0.455. The molecule has 168 valence electrons. The summed E-state index contributed by atoms with van der Waals surface area (Å²) in [5.41, 5.74) is 4.68. The van der Waals surface area contributed by atoms with E-state index in [2.05, 4.69) is 17.0 Å². The summed E-state index contributed by atoms with van der Waals surface area (Å²) in [5.74, 6) is 2.08. The van der Waals surface area contributed by atoms with Crippen molar-refractivity contribution in [3.05, 3.63) is 46.5 Å². The maximum Gasteiger partial charge on any atom is 0.384 e. The highest BCUT2D eigenvalue weighted by atomic mass is 32.2. The molecule has 0 fully saturated rings. The third-order valence-corrected chi connectivity index (χ3v) is 7.31. The smallest absolute Gasteiger partial charge is 0.384 e. The van der Waals surface area contributed by atoms with Crippen LogP contribution in [0.15, 0.2) is 24.3 Å². The number of hydrogen-bond acceptors (Lipinski definition) is 7. The SMILES string of the molecule is COc1cc2c(cc1OC)CN1CCc3cc(OS(=O)(=O)N(C)C)c(OC)cc3C1C2. The average Bonchev–Trinajstić information content (AvgIpc) is 2.75. The van der Waals surface area contributed by atoms with Crippen LogP contribution in [0.5, 0.6) is 23.0 Å². The Morgan fingerprint density at radius 2 is 1.45 bits per heavy atom. The van der Waals surface area contributed by atoms with E-state index < -0.39 is 10.3 Å². The molecule has 0 aliphatic carbocycles. The van der Waals surface area contributed by atoms with E-state index >= 15 is 0 Å². The van der Waals surface area contributed by atoms with Crippen LogP contribution in [-0.4, -0.2) is 59.6 Å². The Bertz CT molecular complexity index is 1100. The van der Waals surface area contributed by atoms with Crippen molar-refractivity contribution in [1.82, 2.24) is 9.21 Å². The minimum atomic E-state index is -3.87. The van der Waals surface area contributed by atoms with Gasteiger partial charge in [0.1, 0.15) is 0 Å². The summed E-state index contributed by atoms with van der Waals surface area (Å²) in [6.45, 7) is 1.69. The Hall–Kier alpha value is -2.49. The molecule has 2 aliphatic heterocycles. The van der Waals surface area contributed by atoms with Crippen LogP contribution in [0.2, 0.25) is 0 Å². The highest BCUT2D eigenvalue weighted by molar-refractivity contribution is 7.84. The second kappa shape index (κ2) is 8.22. The first-order valence-electron chi connectivity index (χ1n) is 10.1. The normalized spacial score (nSPS) is 18.1. The summed E-state index contributed by atoms with van der Waals surface area (Å²) in [6, 6.07) is 8.00. The summed E-state index contributed by atoms with van der Waals surface area (Å²) in [7, 11) is 3.80. The molecule has 8 nitrogen and oxygen atoms in total. The zero-order chi connectivity index (χ0) is 22.3. The minimum absolute atomic E-state index is 0.169. The molecule has 2 aliphatic rings. The molecule has 2 aromatic rings. The van der Waals surface area contributed by atoms with Gasteiger partial charge in [-0.25, -0.2) is 0 Å². The lowest BCUT2D eigenvalue weighted by atomic mass is 9.83.